The maximum absolute atomic E-state index is 10.7. The fourth-order valence-electron chi connectivity index (χ4n) is 3.21. The Morgan fingerprint density at radius 2 is 2.04 bits per heavy atom. The first kappa shape index (κ1) is 23.6. The highest BCUT2D eigenvalue weighted by molar-refractivity contribution is 14.0. The molecule has 1 aliphatic heterocycles. The summed E-state index contributed by atoms with van der Waals surface area (Å²) in [5.74, 6) is 0.819. The highest BCUT2D eigenvalue weighted by Gasteiger charge is 2.22. The molecule has 1 unspecified atom stereocenters. The fourth-order valence-corrected chi connectivity index (χ4v) is 3.21. The third-order valence-electron chi connectivity index (χ3n) is 4.80. The van der Waals surface area contributed by atoms with E-state index < -0.39 is 0 Å². The van der Waals surface area contributed by atoms with Crippen LogP contribution in [0.25, 0.3) is 0 Å². The van der Waals surface area contributed by atoms with E-state index in [1.54, 1.807) is 12.1 Å². The Kier molecular flexibility index (Phi) is 11.3. The number of benzene rings is 1. The number of hydrogen-bond acceptors (Lipinski definition) is 4. The largest absolute Gasteiger partial charge is 0.356 e. The minimum Gasteiger partial charge on any atom is -0.356 e. The van der Waals surface area contributed by atoms with Gasteiger partial charge in [-0.05, 0) is 37.9 Å². The molecule has 8 heteroatoms. The normalized spacial score (nSPS) is 17.4. The minimum absolute atomic E-state index is 0. The van der Waals surface area contributed by atoms with Gasteiger partial charge < -0.3 is 10.6 Å². The van der Waals surface area contributed by atoms with Crippen LogP contribution in [0.5, 0.6) is 0 Å². The van der Waals surface area contributed by atoms with Gasteiger partial charge in [0.1, 0.15) is 0 Å². The molecule has 0 amide bonds. The summed E-state index contributed by atoms with van der Waals surface area (Å²) in [6.45, 7) is 8.94. The van der Waals surface area contributed by atoms with Crippen LogP contribution in [0.15, 0.2) is 29.3 Å². The van der Waals surface area contributed by atoms with Crippen LogP contribution in [-0.4, -0.2) is 48.0 Å². The number of likely N-dealkylation sites (N-methyl/N-ethyl adjacent to an activating group) is 1. The topological polar surface area (TPSA) is 82.8 Å². The maximum atomic E-state index is 10.7. The second-order valence-electron chi connectivity index (χ2n) is 6.67. The van der Waals surface area contributed by atoms with Crippen molar-refractivity contribution in [2.75, 3.05) is 26.2 Å². The number of nitro groups is 1. The van der Waals surface area contributed by atoms with Gasteiger partial charge in [-0.1, -0.05) is 32.4 Å². The number of non-ortho nitro benzene ring substituents is 1. The highest BCUT2D eigenvalue weighted by atomic mass is 127. The molecule has 0 saturated carbocycles. The summed E-state index contributed by atoms with van der Waals surface area (Å²) in [5, 5.41) is 17.6. The standard InChI is InChI=1S/C19H31N5O2.HI/c1-3-5-12-20-19(22-15-18-7-6-13-23(18)4-2)21-14-16-8-10-17(11-9-16)24(25)26;/h8-11,18H,3-7,12-15H2,1-2H3,(H2,20,21,22);1H. The molecule has 7 nitrogen and oxygen atoms in total. The number of halogens is 1. The number of aliphatic imine (C=N–C) groups is 1. The van der Waals surface area contributed by atoms with Crippen LogP contribution >= 0.6 is 24.0 Å². The smallest absolute Gasteiger partial charge is 0.269 e. The van der Waals surface area contributed by atoms with Crippen molar-refractivity contribution in [3.63, 3.8) is 0 Å². The molecular weight excluding hydrogens is 457 g/mol. The van der Waals surface area contributed by atoms with Crippen LogP contribution in [0, 0.1) is 10.1 Å². The van der Waals surface area contributed by atoms with Gasteiger partial charge in [0.15, 0.2) is 5.96 Å². The van der Waals surface area contributed by atoms with Crippen molar-refractivity contribution in [3.8, 4) is 0 Å². The van der Waals surface area contributed by atoms with Gasteiger partial charge in [0.25, 0.3) is 5.69 Å². The Bertz CT molecular complexity index is 594. The van der Waals surface area contributed by atoms with Crippen LogP contribution in [0.2, 0.25) is 0 Å². The lowest BCUT2D eigenvalue weighted by Gasteiger charge is -2.24. The number of hydrogen-bond donors (Lipinski definition) is 2. The number of nitro benzene ring substituents is 1. The molecule has 1 saturated heterocycles. The second kappa shape index (κ2) is 12.9. The molecule has 1 aromatic carbocycles. The lowest BCUT2D eigenvalue weighted by molar-refractivity contribution is -0.384. The summed E-state index contributed by atoms with van der Waals surface area (Å²) in [6.07, 6.45) is 4.72. The molecule has 152 valence electrons. The van der Waals surface area contributed by atoms with Gasteiger partial charge in [-0.15, -0.1) is 24.0 Å². The zero-order valence-corrected chi connectivity index (χ0v) is 18.6. The quantitative estimate of drug-likeness (QED) is 0.139. The van der Waals surface area contributed by atoms with Crippen LogP contribution in [0.1, 0.15) is 45.1 Å². The van der Waals surface area contributed by atoms with Crippen molar-refractivity contribution in [1.82, 2.24) is 15.5 Å². The van der Waals surface area contributed by atoms with Gasteiger partial charge in [0, 0.05) is 31.3 Å². The van der Waals surface area contributed by atoms with E-state index in [9.17, 15) is 10.1 Å². The molecule has 0 aliphatic carbocycles. The third kappa shape index (κ3) is 8.00. The van der Waals surface area contributed by atoms with Crippen LogP contribution in [-0.2, 0) is 6.54 Å². The van der Waals surface area contributed by atoms with Crippen molar-refractivity contribution in [3.05, 3.63) is 39.9 Å². The highest BCUT2D eigenvalue weighted by Crippen LogP contribution is 2.15. The van der Waals surface area contributed by atoms with Gasteiger partial charge in [-0.25, -0.2) is 4.99 Å². The van der Waals surface area contributed by atoms with E-state index in [-0.39, 0.29) is 34.6 Å². The molecular formula is C19H32IN5O2. The van der Waals surface area contributed by atoms with E-state index >= 15 is 0 Å². The average molecular weight is 489 g/mol. The molecule has 27 heavy (non-hydrogen) atoms. The summed E-state index contributed by atoms with van der Waals surface area (Å²) in [7, 11) is 0. The fraction of sp³-hybridized carbons (Fsp3) is 0.632. The second-order valence-corrected chi connectivity index (χ2v) is 6.67. The Labute approximate surface area is 179 Å². The van der Waals surface area contributed by atoms with Gasteiger partial charge in [-0.2, -0.15) is 0 Å². The zero-order chi connectivity index (χ0) is 18.8. The van der Waals surface area contributed by atoms with E-state index in [1.807, 2.05) is 0 Å². The number of guanidine groups is 1. The summed E-state index contributed by atoms with van der Waals surface area (Å²) >= 11 is 0. The molecule has 1 atom stereocenters. The van der Waals surface area contributed by atoms with Crippen molar-refractivity contribution in [2.24, 2.45) is 4.99 Å². The van der Waals surface area contributed by atoms with E-state index in [4.69, 9.17) is 0 Å². The van der Waals surface area contributed by atoms with Gasteiger partial charge in [-0.3, -0.25) is 15.0 Å². The van der Waals surface area contributed by atoms with Crippen LogP contribution in [0.3, 0.4) is 0 Å². The van der Waals surface area contributed by atoms with E-state index in [2.05, 4.69) is 34.4 Å². The number of rotatable bonds is 9. The first-order valence-electron chi connectivity index (χ1n) is 9.63. The summed E-state index contributed by atoms with van der Waals surface area (Å²) < 4.78 is 0. The van der Waals surface area contributed by atoms with Crippen molar-refractivity contribution < 1.29 is 4.92 Å². The first-order chi connectivity index (χ1) is 12.6. The van der Waals surface area contributed by atoms with Crippen LogP contribution in [0.4, 0.5) is 5.69 Å². The van der Waals surface area contributed by atoms with E-state index in [0.29, 0.717) is 12.6 Å². The number of likely N-dealkylation sites (tertiary alicyclic amines) is 1. The Balaban J connectivity index is 0.00000364. The molecule has 1 aromatic rings. The van der Waals surface area contributed by atoms with Crippen molar-refractivity contribution >= 4 is 35.6 Å². The molecule has 2 N–H and O–H groups in total. The molecule has 1 fully saturated rings. The van der Waals surface area contributed by atoms with Gasteiger partial charge >= 0.3 is 0 Å². The third-order valence-corrected chi connectivity index (χ3v) is 4.80. The predicted molar refractivity (Wildman–Crippen MR) is 121 cm³/mol. The average Bonchev–Trinajstić information content (AvgIpc) is 3.11. The first-order valence-corrected chi connectivity index (χ1v) is 9.63. The van der Waals surface area contributed by atoms with Gasteiger partial charge in [0.2, 0.25) is 0 Å². The molecule has 1 heterocycles. The molecule has 0 bridgehead atoms. The monoisotopic (exact) mass is 489 g/mol. The predicted octanol–water partition coefficient (Wildman–Crippen LogP) is 3.53. The Morgan fingerprint density at radius 3 is 2.67 bits per heavy atom. The molecule has 0 spiro atoms. The zero-order valence-electron chi connectivity index (χ0n) is 16.3. The summed E-state index contributed by atoms with van der Waals surface area (Å²) in [4.78, 5) is 17.5. The lowest BCUT2D eigenvalue weighted by atomic mass is 10.2. The Hall–Kier alpha value is -1.42. The van der Waals surface area contributed by atoms with E-state index in [0.717, 1.165) is 44.0 Å². The lowest BCUT2D eigenvalue weighted by Crippen LogP contribution is -2.45. The van der Waals surface area contributed by atoms with E-state index in [1.165, 1.54) is 31.5 Å². The Morgan fingerprint density at radius 1 is 1.30 bits per heavy atom. The minimum atomic E-state index is -0.382. The van der Waals surface area contributed by atoms with Crippen LogP contribution < -0.4 is 10.6 Å². The van der Waals surface area contributed by atoms with Crippen molar-refractivity contribution in [2.45, 2.75) is 52.1 Å². The maximum Gasteiger partial charge on any atom is 0.269 e. The molecule has 1 aliphatic rings. The number of nitrogens with one attached hydrogen (secondary N) is 2. The number of unbranched alkanes of at least 4 members (excludes halogenated alkanes) is 1. The molecule has 0 aromatic heterocycles. The number of nitrogens with zero attached hydrogens (tertiary/aromatic N) is 3. The van der Waals surface area contributed by atoms with Gasteiger partial charge in [0.05, 0.1) is 11.5 Å². The molecule has 0 radical (unpaired) electrons. The van der Waals surface area contributed by atoms with Crippen molar-refractivity contribution in [1.29, 1.82) is 0 Å². The summed E-state index contributed by atoms with van der Waals surface area (Å²) in [6, 6.07) is 7.15. The SMILES string of the molecule is CCCCNC(=NCc1ccc([N+](=O)[O-])cc1)NCC1CCCN1CC.I. The summed E-state index contributed by atoms with van der Waals surface area (Å²) in [5.41, 5.74) is 1.07. The molecule has 2 rings (SSSR count).